The maximum atomic E-state index is 10.0. The summed E-state index contributed by atoms with van der Waals surface area (Å²) < 4.78 is 0. The Balaban J connectivity index is 2.96. The molecule has 0 fully saturated rings. The first-order chi connectivity index (χ1) is 5.88. The number of nitrogens with two attached hydrogens (primary N) is 1. The number of hydrogen-bond acceptors (Lipinski definition) is 3. The van der Waals surface area contributed by atoms with Gasteiger partial charge in [0.15, 0.2) is 0 Å². The van der Waals surface area contributed by atoms with Gasteiger partial charge in [-0.2, -0.15) is 0 Å². The maximum absolute atomic E-state index is 10.0. The van der Waals surface area contributed by atoms with E-state index < -0.39 is 0 Å². The Morgan fingerprint density at radius 2 is 2.08 bits per heavy atom. The summed E-state index contributed by atoms with van der Waals surface area (Å²) in [5.41, 5.74) is 4.23. The molecule has 0 aromatic heterocycles. The van der Waals surface area contributed by atoms with Crippen LogP contribution in [0.15, 0.2) is 30.3 Å². The number of hydrogen-bond donors (Lipinski definition) is 2. The van der Waals surface area contributed by atoms with E-state index in [1.807, 2.05) is 24.3 Å². The van der Waals surface area contributed by atoms with Gasteiger partial charge in [0.25, 0.3) is 0 Å². The first kappa shape index (κ1) is 8.49. The molecule has 62 valence electrons. The van der Waals surface area contributed by atoms with Crippen molar-refractivity contribution >= 4 is 18.0 Å². The van der Waals surface area contributed by atoms with Crippen molar-refractivity contribution in [1.82, 2.24) is 0 Å². The van der Waals surface area contributed by atoms with Crippen molar-refractivity contribution in [2.24, 2.45) is 5.84 Å². The van der Waals surface area contributed by atoms with E-state index in [9.17, 15) is 4.79 Å². The third-order valence-electron chi connectivity index (χ3n) is 1.47. The van der Waals surface area contributed by atoms with Gasteiger partial charge in [0, 0.05) is 0 Å². The van der Waals surface area contributed by atoms with E-state index in [0.717, 1.165) is 17.5 Å². The van der Waals surface area contributed by atoms with E-state index in [0.29, 0.717) is 0 Å². The predicted octanol–water partition coefficient (Wildman–Crippen LogP) is 1.18. The number of aldehydes is 1. The molecule has 0 spiro atoms. The quantitative estimate of drug-likeness (QED) is 0.304. The number of para-hydroxylation sites is 1. The topological polar surface area (TPSA) is 55.1 Å². The minimum Gasteiger partial charge on any atom is -0.324 e. The van der Waals surface area contributed by atoms with Crippen molar-refractivity contribution in [3.05, 3.63) is 35.9 Å². The highest BCUT2D eigenvalue weighted by Crippen LogP contribution is 2.14. The van der Waals surface area contributed by atoms with Crippen molar-refractivity contribution in [2.75, 3.05) is 5.43 Å². The molecule has 1 aromatic rings. The van der Waals surface area contributed by atoms with Crippen LogP contribution in [0, 0.1) is 0 Å². The number of carbonyl (C=O) groups excluding carboxylic acids is 1. The van der Waals surface area contributed by atoms with Crippen molar-refractivity contribution in [3.63, 3.8) is 0 Å². The summed E-state index contributed by atoms with van der Waals surface area (Å²) in [5, 5.41) is 0. The Hall–Kier alpha value is -1.61. The van der Waals surface area contributed by atoms with Crippen molar-refractivity contribution < 1.29 is 4.79 Å². The zero-order chi connectivity index (χ0) is 8.81. The molecule has 0 amide bonds. The predicted molar refractivity (Wildman–Crippen MR) is 49.4 cm³/mol. The van der Waals surface area contributed by atoms with Crippen LogP contribution >= 0.6 is 0 Å². The molecule has 3 N–H and O–H groups in total. The van der Waals surface area contributed by atoms with E-state index in [1.54, 1.807) is 6.08 Å². The zero-order valence-electron chi connectivity index (χ0n) is 6.53. The largest absolute Gasteiger partial charge is 0.324 e. The summed E-state index contributed by atoms with van der Waals surface area (Å²) in [6.45, 7) is 0. The minimum atomic E-state index is 0.729. The molecule has 3 nitrogen and oxygen atoms in total. The monoisotopic (exact) mass is 162 g/mol. The van der Waals surface area contributed by atoms with Gasteiger partial charge in [-0.15, -0.1) is 0 Å². The Morgan fingerprint density at radius 1 is 1.33 bits per heavy atom. The Kier molecular flexibility index (Phi) is 3.04. The molecule has 3 heteroatoms. The summed E-state index contributed by atoms with van der Waals surface area (Å²) in [6.07, 6.45) is 3.85. The van der Waals surface area contributed by atoms with Gasteiger partial charge >= 0.3 is 0 Å². The molecule has 0 aliphatic heterocycles. The van der Waals surface area contributed by atoms with E-state index in [1.165, 1.54) is 6.08 Å². The van der Waals surface area contributed by atoms with E-state index in [4.69, 9.17) is 5.84 Å². The molecule has 1 aromatic carbocycles. The molecule has 0 unspecified atom stereocenters. The van der Waals surface area contributed by atoms with Gasteiger partial charge in [-0.05, 0) is 23.8 Å². The summed E-state index contributed by atoms with van der Waals surface area (Å²) in [4.78, 5) is 10.0. The molecule has 0 saturated heterocycles. The highest BCUT2D eigenvalue weighted by molar-refractivity contribution is 5.77. The lowest BCUT2D eigenvalue weighted by molar-refractivity contribution is -0.104. The Morgan fingerprint density at radius 3 is 2.75 bits per heavy atom. The first-order valence-corrected chi connectivity index (χ1v) is 3.56. The van der Waals surface area contributed by atoms with Crippen LogP contribution in [0.5, 0.6) is 0 Å². The molecular weight excluding hydrogens is 152 g/mol. The number of nitrogens with one attached hydrogen (secondary N) is 1. The molecule has 0 aliphatic carbocycles. The van der Waals surface area contributed by atoms with Crippen molar-refractivity contribution in [3.8, 4) is 0 Å². The molecule has 0 aliphatic rings. The van der Waals surface area contributed by atoms with Gasteiger partial charge in [-0.3, -0.25) is 10.6 Å². The summed E-state index contributed by atoms with van der Waals surface area (Å²) in [5.74, 6) is 5.25. The number of hydrazine groups is 1. The second kappa shape index (κ2) is 4.31. The van der Waals surface area contributed by atoms with Gasteiger partial charge < -0.3 is 5.43 Å². The fourth-order valence-corrected chi connectivity index (χ4v) is 0.917. The van der Waals surface area contributed by atoms with Gasteiger partial charge in [-0.25, -0.2) is 0 Å². The summed E-state index contributed by atoms with van der Waals surface area (Å²) in [7, 11) is 0. The number of anilines is 1. The van der Waals surface area contributed by atoms with Crippen LogP contribution in [0.1, 0.15) is 5.56 Å². The number of allylic oxidation sites excluding steroid dienone is 1. The second-order valence-electron chi connectivity index (χ2n) is 2.23. The van der Waals surface area contributed by atoms with Gasteiger partial charge in [0.2, 0.25) is 0 Å². The van der Waals surface area contributed by atoms with Crippen LogP contribution in [-0.4, -0.2) is 6.29 Å². The second-order valence-corrected chi connectivity index (χ2v) is 2.23. The molecule has 0 atom stereocenters. The van der Waals surface area contributed by atoms with Crippen LogP contribution in [0.3, 0.4) is 0 Å². The van der Waals surface area contributed by atoms with Crippen LogP contribution < -0.4 is 11.3 Å². The fourth-order valence-electron chi connectivity index (χ4n) is 0.917. The third-order valence-corrected chi connectivity index (χ3v) is 1.47. The normalized spacial score (nSPS) is 10.1. The molecule has 0 saturated carbocycles. The Bertz CT molecular complexity index is 294. The molecule has 1 rings (SSSR count). The van der Waals surface area contributed by atoms with Gasteiger partial charge in [-0.1, -0.05) is 18.2 Å². The van der Waals surface area contributed by atoms with Crippen LogP contribution in [0.2, 0.25) is 0 Å². The molecule has 0 heterocycles. The van der Waals surface area contributed by atoms with Crippen molar-refractivity contribution in [2.45, 2.75) is 0 Å². The molecule has 12 heavy (non-hydrogen) atoms. The number of nitrogen functional groups attached to an aromatic ring is 1. The lowest BCUT2D eigenvalue weighted by atomic mass is 10.2. The van der Waals surface area contributed by atoms with E-state index in [2.05, 4.69) is 5.43 Å². The number of carbonyl (C=O) groups is 1. The fraction of sp³-hybridized carbons (Fsp3) is 0. The summed E-state index contributed by atoms with van der Waals surface area (Å²) >= 11 is 0. The molecule has 0 radical (unpaired) electrons. The third kappa shape index (κ3) is 1.93. The van der Waals surface area contributed by atoms with E-state index >= 15 is 0 Å². The van der Waals surface area contributed by atoms with Crippen molar-refractivity contribution in [1.29, 1.82) is 0 Å². The first-order valence-electron chi connectivity index (χ1n) is 3.56. The Labute approximate surface area is 70.9 Å². The lowest BCUT2D eigenvalue weighted by Gasteiger charge is -2.02. The van der Waals surface area contributed by atoms with Gasteiger partial charge in [0.1, 0.15) is 6.29 Å². The zero-order valence-corrected chi connectivity index (χ0v) is 6.53. The van der Waals surface area contributed by atoms with E-state index in [-0.39, 0.29) is 0 Å². The standard InChI is InChI=1S/C9H10N2O/c10-11-9-6-2-1-4-8(9)5-3-7-12/h1-7,11H,10H2. The number of benzene rings is 1. The van der Waals surface area contributed by atoms with Crippen LogP contribution in [0.4, 0.5) is 5.69 Å². The SMILES string of the molecule is NNc1ccccc1C=CC=O. The molecule has 0 bridgehead atoms. The lowest BCUT2D eigenvalue weighted by Crippen LogP contribution is -2.07. The average molecular weight is 162 g/mol. The van der Waals surface area contributed by atoms with Crippen LogP contribution in [0.25, 0.3) is 6.08 Å². The van der Waals surface area contributed by atoms with Crippen LogP contribution in [-0.2, 0) is 4.79 Å². The van der Waals surface area contributed by atoms with Gasteiger partial charge in [0.05, 0.1) is 5.69 Å². The minimum absolute atomic E-state index is 0.729. The highest BCUT2D eigenvalue weighted by Gasteiger charge is 1.93. The highest BCUT2D eigenvalue weighted by atomic mass is 16.1. The molecular formula is C9H10N2O. The number of rotatable bonds is 3. The average Bonchev–Trinajstić information content (AvgIpc) is 2.15. The smallest absolute Gasteiger partial charge is 0.142 e. The summed E-state index contributed by atoms with van der Waals surface area (Å²) in [6, 6.07) is 7.46. The maximum Gasteiger partial charge on any atom is 0.142 e.